The lowest BCUT2D eigenvalue weighted by atomic mass is 9.95. The Labute approximate surface area is 129 Å². The van der Waals surface area contributed by atoms with Crippen LogP contribution in [0.4, 0.5) is 0 Å². The van der Waals surface area contributed by atoms with Crippen LogP contribution in [0.3, 0.4) is 0 Å². The van der Waals surface area contributed by atoms with Crippen LogP contribution in [-0.2, 0) is 5.21 Å². The van der Waals surface area contributed by atoms with Gasteiger partial charge in [0.2, 0.25) is 0 Å². The Morgan fingerprint density at radius 3 is 1.74 bits per heavy atom. The van der Waals surface area contributed by atoms with Crippen LogP contribution in [-0.4, -0.2) is 46.8 Å². The van der Waals surface area contributed by atoms with Crippen LogP contribution < -0.4 is 17.0 Å². The van der Waals surface area contributed by atoms with E-state index in [1.54, 1.807) is 0 Å². The molecule has 0 saturated heterocycles. The first-order chi connectivity index (χ1) is 8.15. The maximum Gasteiger partial charge on any atom is 0.102 e. The van der Waals surface area contributed by atoms with Gasteiger partial charge < -0.3 is 21.5 Å². The fourth-order valence-corrected chi connectivity index (χ4v) is 3.12. The summed E-state index contributed by atoms with van der Waals surface area (Å²) in [5, 5.41) is 13.6. The van der Waals surface area contributed by atoms with Crippen molar-refractivity contribution in [2.24, 2.45) is 0 Å². The summed E-state index contributed by atoms with van der Waals surface area (Å²) >= 11 is 0. The first-order valence-corrected chi connectivity index (χ1v) is 7.20. The predicted molar refractivity (Wildman–Crippen MR) is 75.5 cm³/mol. The minimum absolute atomic E-state index is 0. The SMILES string of the molecule is CC[N+](CC)(CC)CC1=CC(C)(C)N([O])C1(C)C.[Br-]. The summed E-state index contributed by atoms with van der Waals surface area (Å²) in [4.78, 5) is 0. The number of hydrogen-bond acceptors (Lipinski definition) is 1. The molecule has 0 aliphatic carbocycles. The van der Waals surface area contributed by atoms with E-state index in [-0.39, 0.29) is 28.1 Å². The Morgan fingerprint density at radius 1 is 1.05 bits per heavy atom. The molecule has 0 spiro atoms. The summed E-state index contributed by atoms with van der Waals surface area (Å²) in [6, 6.07) is 0. The van der Waals surface area contributed by atoms with E-state index in [0.717, 1.165) is 30.7 Å². The highest BCUT2D eigenvalue weighted by Crippen LogP contribution is 2.39. The molecule has 0 aromatic heterocycles. The lowest BCUT2D eigenvalue weighted by Crippen LogP contribution is -3.00. The second-order valence-electron chi connectivity index (χ2n) is 6.63. The van der Waals surface area contributed by atoms with Gasteiger partial charge in [-0.05, 0) is 48.5 Å². The molecule has 0 aromatic rings. The third kappa shape index (κ3) is 3.41. The molecular formula is C15H30BrN2O. The van der Waals surface area contributed by atoms with Crippen molar-refractivity contribution >= 4 is 0 Å². The zero-order chi connectivity index (χ0) is 14.2. The van der Waals surface area contributed by atoms with Gasteiger partial charge in [0, 0.05) is 5.57 Å². The molecular weight excluding hydrogens is 304 g/mol. The number of rotatable bonds is 5. The Bertz CT molecular complexity index is 325. The maximum absolute atomic E-state index is 12.4. The molecule has 0 saturated carbocycles. The number of quaternary nitrogens is 1. The van der Waals surface area contributed by atoms with Crippen molar-refractivity contribution in [3.8, 4) is 0 Å². The molecule has 19 heavy (non-hydrogen) atoms. The van der Waals surface area contributed by atoms with Crippen LogP contribution in [0.15, 0.2) is 11.6 Å². The molecule has 1 radical (unpaired) electrons. The molecule has 0 bridgehead atoms. The summed E-state index contributed by atoms with van der Waals surface area (Å²) in [5.41, 5.74) is 0.559. The molecule has 1 aliphatic rings. The number of nitrogens with zero attached hydrogens (tertiary/aromatic N) is 2. The van der Waals surface area contributed by atoms with E-state index in [1.807, 2.05) is 13.8 Å². The van der Waals surface area contributed by atoms with Crippen LogP contribution in [0.2, 0.25) is 0 Å². The van der Waals surface area contributed by atoms with Gasteiger partial charge >= 0.3 is 0 Å². The van der Waals surface area contributed by atoms with Gasteiger partial charge in [0.1, 0.15) is 6.54 Å². The van der Waals surface area contributed by atoms with Crippen molar-refractivity contribution in [2.45, 2.75) is 59.5 Å². The van der Waals surface area contributed by atoms with E-state index < -0.39 is 0 Å². The monoisotopic (exact) mass is 333 g/mol. The summed E-state index contributed by atoms with van der Waals surface area (Å²) in [5.74, 6) is 0. The molecule has 1 rings (SSSR count). The van der Waals surface area contributed by atoms with Crippen molar-refractivity contribution in [1.82, 2.24) is 5.06 Å². The molecule has 1 heterocycles. The van der Waals surface area contributed by atoms with Gasteiger partial charge in [0.05, 0.1) is 30.7 Å². The Balaban J connectivity index is 0.00000324. The standard InChI is InChI=1S/C15H30N2O.BrH/c1-8-17(9-2,10-3)12-13-11-14(4,5)16(18)15(13,6)7;/h11H,8-10,12H2,1-7H3;1H/q+1;/p-1. The van der Waals surface area contributed by atoms with E-state index in [4.69, 9.17) is 0 Å². The Morgan fingerprint density at radius 2 is 1.47 bits per heavy atom. The van der Waals surface area contributed by atoms with Crippen LogP contribution in [0.1, 0.15) is 48.5 Å². The number of halogens is 1. The van der Waals surface area contributed by atoms with Gasteiger partial charge in [-0.3, -0.25) is 0 Å². The molecule has 0 aromatic carbocycles. The van der Waals surface area contributed by atoms with Gasteiger partial charge in [-0.1, -0.05) is 6.08 Å². The zero-order valence-electron chi connectivity index (χ0n) is 13.6. The summed E-state index contributed by atoms with van der Waals surface area (Å²) in [7, 11) is 0. The number of hydrogen-bond donors (Lipinski definition) is 0. The average molecular weight is 334 g/mol. The fraction of sp³-hybridized carbons (Fsp3) is 0.867. The summed E-state index contributed by atoms with van der Waals surface area (Å²) in [6.07, 6.45) is 2.19. The van der Waals surface area contributed by atoms with Crippen LogP contribution in [0.25, 0.3) is 0 Å². The van der Waals surface area contributed by atoms with E-state index in [2.05, 4.69) is 40.7 Å². The number of likely N-dealkylation sites (N-methyl/N-ethyl adjacent to an activating group) is 1. The zero-order valence-corrected chi connectivity index (χ0v) is 15.2. The molecule has 0 fully saturated rings. The third-order valence-corrected chi connectivity index (χ3v) is 4.86. The predicted octanol–water partition coefficient (Wildman–Crippen LogP) is 0.0116. The molecule has 0 amide bonds. The van der Waals surface area contributed by atoms with Gasteiger partial charge in [-0.2, -0.15) is 0 Å². The van der Waals surface area contributed by atoms with Gasteiger partial charge in [-0.25, -0.2) is 0 Å². The fourth-order valence-electron chi connectivity index (χ4n) is 3.12. The summed E-state index contributed by atoms with van der Waals surface area (Å²) in [6.45, 7) is 19.2. The van der Waals surface area contributed by atoms with E-state index >= 15 is 0 Å². The topological polar surface area (TPSA) is 23.1 Å². The second kappa shape index (κ2) is 6.25. The van der Waals surface area contributed by atoms with Gasteiger partial charge in [0.15, 0.2) is 0 Å². The van der Waals surface area contributed by atoms with Crippen LogP contribution in [0.5, 0.6) is 0 Å². The van der Waals surface area contributed by atoms with E-state index in [1.165, 1.54) is 10.6 Å². The molecule has 1 aliphatic heterocycles. The molecule has 0 N–H and O–H groups in total. The average Bonchev–Trinajstić information content (AvgIpc) is 2.47. The van der Waals surface area contributed by atoms with Crippen molar-refractivity contribution in [2.75, 3.05) is 26.2 Å². The van der Waals surface area contributed by atoms with Crippen molar-refractivity contribution in [3.63, 3.8) is 0 Å². The van der Waals surface area contributed by atoms with Crippen molar-refractivity contribution in [1.29, 1.82) is 0 Å². The normalized spacial score (nSPS) is 22.0. The first kappa shape index (κ1) is 19.1. The minimum Gasteiger partial charge on any atom is -1.00 e. The quantitative estimate of drug-likeness (QED) is 0.513. The molecule has 113 valence electrons. The number of hydroxylamine groups is 2. The van der Waals surface area contributed by atoms with Crippen molar-refractivity contribution < 1.29 is 26.7 Å². The minimum atomic E-state index is -0.371. The molecule has 0 atom stereocenters. The van der Waals surface area contributed by atoms with Gasteiger partial charge in [-0.15, -0.1) is 10.3 Å². The lowest BCUT2D eigenvalue weighted by molar-refractivity contribution is -0.919. The molecule has 0 unspecified atom stereocenters. The van der Waals surface area contributed by atoms with Gasteiger partial charge in [0.25, 0.3) is 0 Å². The van der Waals surface area contributed by atoms with Crippen LogP contribution in [0, 0.1) is 0 Å². The maximum atomic E-state index is 12.4. The summed E-state index contributed by atoms with van der Waals surface area (Å²) < 4.78 is 1.07. The van der Waals surface area contributed by atoms with Crippen molar-refractivity contribution in [3.05, 3.63) is 11.6 Å². The smallest absolute Gasteiger partial charge is 0.102 e. The first-order valence-electron chi connectivity index (χ1n) is 7.20. The second-order valence-corrected chi connectivity index (χ2v) is 6.63. The Kier molecular flexibility index (Phi) is 6.28. The highest BCUT2D eigenvalue weighted by atomic mass is 79.9. The molecule has 4 heteroatoms. The highest BCUT2D eigenvalue weighted by Gasteiger charge is 2.48. The van der Waals surface area contributed by atoms with E-state index in [9.17, 15) is 5.21 Å². The highest BCUT2D eigenvalue weighted by molar-refractivity contribution is 5.29. The largest absolute Gasteiger partial charge is 1.00 e. The Hall–Kier alpha value is 0.100. The van der Waals surface area contributed by atoms with E-state index in [0.29, 0.717) is 0 Å². The molecule has 3 nitrogen and oxygen atoms in total. The third-order valence-electron chi connectivity index (χ3n) is 4.86. The van der Waals surface area contributed by atoms with Crippen LogP contribution >= 0.6 is 0 Å². The lowest BCUT2D eigenvalue weighted by Gasteiger charge is -2.40.